The van der Waals surface area contributed by atoms with Crippen LogP contribution in [0.5, 0.6) is 11.5 Å². The lowest BCUT2D eigenvalue weighted by atomic mass is 10.0. The summed E-state index contributed by atoms with van der Waals surface area (Å²) in [5.41, 5.74) is 1.65. The van der Waals surface area contributed by atoms with E-state index >= 15 is 0 Å². The van der Waals surface area contributed by atoms with Gasteiger partial charge in [0.2, 0.25) is 0 Å². The second-order valence-corrected chi connectivity index (χ2v) is 7.16. The van der Waals surface area contributed by atoms with Crippen molar-refractivity contribution in [3.8, 4) is 11.5 Å². The summed E-state index contributed by atoms with van der Waals surface area (Å²) in [5.74, 6) is 0.666. The minimum Gasteiger partial charge on any atom is -0.508 e. The van der Waals surface area contributed by atoms with Crippen molar-refractivity contribution in [2.45, 2.75) is 30.8 Å². The number of aromatic hydroxyl groups is 1. The third kappa shape index (κ3) is 3.48. The summed E-state index contributed by atoms with van der Waals surface area (Å²) in [4.78, 5) is -0.0197. The molecule has 1 aliphatic heterocycles. The van der Waals surface area contributed by atoms with Gasteiger partial charge in [0, 0.05) is 6.07 Å². The van der Waals surface area contributed by atoms with Gasteiger partial charge in [0.25, 0.3) is 10.1 Å². The van der Waals surface area contributed by atoms with Crippen LogP contribution in [0.25, 0.3) is 0 Å². The second kappa shape index (κ2) is 6.22. The third-order valence-electron chi connectivity index (χ3n) is 3.85. The van der Waals surface area contributed by atoms with Crippen molar-refractivity contribution < 1.29 is 22.4 Å². The average Bonchev–Trinajstić information content (AvgIpc) is 2.55. The van der Waals surface area contributed by atoms with E-state index in [9.17, 15) is 13.5 Å². The van der Waals surface area contributed by atoms with E-state index in [-0.39, 0.29) is 23.4 Å². The molecule has 3 rings (SSSR count). The van der Waals surface area contributed by atoms with Gasteiger partial charge in [-0.25, -0.2) is 0 Å². The molecule has 1 aliphatic rings. The monoisotopic (exact) mass is 334 g/mol. The fraction of sp³-hybridized carbons (Fsp3) is 0.294. The number of hydrogen-bond donors (Lipinski definition) is 1. The summed E-state index contributed by atoms with van der Waals surface area (Å²) in [6, 6.07) is 11.9. The molecule has 1 unspecified atom stereocenters. The van der Waals surface area contributed by atoms with E-state index in [1.54, 1.807) is 13.0 Å². The van der Waals surface area contributed by atoms with E-state index in [0.717, 1.165) is 17.7 Å². The first-order valence-electron chi connectivity index (χ1n) is 7.39. The second-order valence-electron chi connectivity index (χ2n) is 5.57. The van der Waals surface area contributed by atoms with E-state index in [4.69, 9.17) is 8.92 Å². The molecule has 0 saturated carbocycles. The molecule has 0 aliphatic carbocycles. The van der Waals surface area contributed by atoms with Crippen LogP contribution in [0, 0.1) is 6.92 Å². The Balaban J connectivity index is 1.70. The van der Waals surface area contributed by atoms with Crippen LogP contribution in [-0.4, -0.2) is 26.2 Å². The Morgan fingerprint density at radius 1 is 1.26 bits per heavy atom. The van der Waals surface area contributed by atoms with Crippen molar-refractivity contribution in [2.75, 3.05) is 6.61 Å². The molecule has 2 aromatic rings. The van der Waals surface area contributed by atoms with Gasteiger partial charge >= 0.3 is 0 Å². The molecule has 1 N–H and O–H groups in total. The summed E-state index contributed by atoms with van der Waals surface area (Å²) >= 11 is 0. The zero-order chi connectivity index (χ0) is 16.4. The van der Waals surface area contributed by atoms with Crippen LogP contribution in [0.1, 0.15) is 17.5 Å². The van der Waals surface area contributed by atoms with Gasteiger partial charge in [-0.2, -0.15) is 8.42 Å². The lowest BCUT2D eigenvalue weighted by Gasteiger charge is -2.25. The molecule has 0 radical (unpaired) electrons. The number of hydrogen-bond acceptors (Lipinski definition) is 5. The van der Waals surface area contributed by atoms with E-state index < -0.39 is 10.1 Å². The zero-order valence-corrected chi connectivity index (χ0v) is 13.5. The molecular formula is C17H18O5S. The first kappa shape index (κ1) is 15.8. The summed E-state index contributed by atoms with van der Waals surface area (Å²) in [7, 11) is -3.93. The van der Waals surface area contributed by atoms with Gasteiger partial charge in [0.15, 0.2) is 0 Å². The van der Waals surface area contributed by atoms with Gasteiger partial charge in [-0.05, 0) is 43.0 Å². The first-order chi connectivity index (χ1) is 11.0. The fourth-order valence-electron chi connectivity index (χ4n) is 2.58. The molecule has 1 heterocycles. The maximum Gasteiger partial charge on any atom is 0.297 e. The molecule has 0 amide bonds. The molecule has 0 aromatic heterocycles. The van der Waals surface area contributed by atoms with Gasteiger partial charge in [0.1, 0.15) is 29.1 Å². The molecule has 1 atom stereocenters. The van der Waals surface area contributed by atoms with E-state index in [1.165, 1.54) is 12.1 Å². The molecule has 5 nitrogen and oxygen atoms in total. The van der Waals surface area contributed by atoms with Gasteiger partial charge in [0.05, 0.1) is 0 Å². The van der Waals surface area contributed by atoms with E-state index in [2.05, 4.69) is 0 Å². The maximum absolute atomic E-state index is 12.3. The molecular weight excluding hydrogens is 316 g/mol. The quantitative estimate of drug-likeness (QED) is 0.871. The minimum atomic E-state index is -3.93. The van der Waals surface area contributed by atoms with Crippen LogP contribution < -0.4 is 4.74 Å². The van der Waals surface area contributed by atoms with Crippen molar-refractivity contribution in [1.82, 2.24) is 0 Å². The average molecular weight is 334 g/mol. The Morgan fingerprint density at radius 2 is 2.04 bits per heavy atom. The number of fused-ring (bicyclic) bond motifs is 1. The normalized spacial score (nSPS) is 17.3. The standard InChI is InChI=1S/C17H18O5S/c1-12-6-8-14(18)10-17(12)23(19,20)21-11-15-9-7-13-4-2-3-5-16(13)22-15/h2-6,8,10,15,18H,7,9,11H2,1H3. The highest BCUT2D eigenvalue weighted by molar-refractivity contribution is 7.86. The number of aryl methyl sites for hydroxylation is 2. The van der Waals surface area contributed by atoms with Crippen LogP contribution in [-0.2, 0) is 20.7 Å². The maximum atomic E-state index is 12.3. The van der Waals surface area contributed by atoms with Crippen LogP contribution in [0.4, 0.5) is 0 Å². The highest BCUT2D eigenvalue weighted by Gasteiger charge is 2.24. The topological polar surface area (TPSA) is 72.8 Å². The van der Waals surface area contributed by atoms with Crippen molar-refractivity contribution in [2.24, 2.45) is 0 Å². The van der Waals surface area contributed by atoms with Gasteiger partial charge < -0.3 is 9.84 Å². The molecule has 0 bridgehead atoms. The van der Waals surface area contributed by atoms with Crippen molar-refractivity contribution >= 4 is 10.1 Å². The number of phenols is 1. The van der Waals surface area contributed by atoms with Crippen molar-refractivity contribution in [3.63, 3.8) is 0 Å². The smallest absolute Gasteiger partial charge is 0.297 e. The Kier molecular flexibility index (Phi) is 4.28. The Bertz CT molecular complexity index is 813. The molecule has 122 valence electrons. The summed E-state index contributed by atoms with van der Waals surface area (Å²) in [5, 5.41) is 9.48. The zero-order valence-electron chi connectivity index (χ0n) is 12.7. The molecule has 23 heavy (non-hydrogen) atoms. The molecule has 0 saturated heterocycles. The van der Waals surface area contributed by atoms with Crippen LogP contribution in [0.15, 0.2) is 47.4 Å². The molecule has 6 heteroatoms. The summed E-state index contributed by atoms with van der Waals surface area (Å²) in [6.07, 6.45) is 1.22. The van der Waals surface area contributed by atoms with Gasteiger partial charge in [-0.3, -0.25) is 4.18 Å². The van der Waals surface area contributed by atoms with E-state index in [1.807, 2.05) is 24.3 Å². The third-order valence-corrected chi connectivity index (χ3v) is 5.28. The lowest BCUT2D eigenvalue weighted by molar-refractivity contribution is 0.112. The first-order valence-corrected chi connectivity index (χ1v) is 8.80. The highest BCUT2D eigenvalue weighted by Crippen LogP contribution is 2.28. The Hall–Kier alpha value is -2.05. The van der Waals surface area contributed by atoms with Crippen LogP contribution >= 0.6 is 0 Å². The number of benzene rings is 2. The number of phenolic OH excluding ortho intramolecular Hbond substituents is 1. The summed E-state index contributed by atoms with van der Waals surface area (Å²) < 4.78 is 35.5. The van der Waals surface area contributed by atoms with Crippen LogP contribution in [0.3, 0.4) is 0 Å². The van der Waals surface area contributed by atoms with E-state index in [0.29, 0.717) is 12.0 Å². The number of para-hydroxylation sites is 1. The van der Waals surface area contributed by atoms with Crippen molar-refractivity contribution in [1.29, 1.82) is 0 Å². The molecule has 0 spiro atoms. The minimum absolute atomic E-state index is 0.0197. The largest absolute Gasteiger partial charge is 0.508 e. The predicted molar refractivity (Wildman–Crippen MR) is 85.2 cm³/mol. The highest BCUT2D eigenvalue weighted by atomic mass is 32.2. The number of rotatable bonds is 4. The Labute approximate surface area is 135 Å². The van der Waals surface area contributed by atoms with Gasteiger partial charge in [-0.15, -0.1) is 0 Å². The SMILES string of the molecule is Cc1ccc(O)cc1S(=O)(=O)OCC1CCc2ccccc2O1. The van der Waals surface area contributed by atoms with Gasteiger partial charge in [-0.1, -0.05) is 24.3 Å². The molecule has 0 fully saturated rings. The lowest BCUT2D eigenvalue weighted by Crippen LogP contribution is -2.29. The fourth-order valence-corrected chi connectivity index (χ4v) is 3.77. The van der Waals surface area contributed by atoms with Crippen LogP contribution in [0.2, 0.25) is 0 Å². The number of ether oxygens (including phenoxy) is 1. The van der Waals surface area contributed by atoms with Crippen molar-refractivity contribution in [3.05, 3.63) is 53.6 Å². The predicted octanol–water partition coefficient (Wildman–Crippen LogP) is 2.80. The summed E-state index contributed by atoms with van der Waals surface area (Å²) in [6.45, 7) is 1.61. The molecule has 2 aromatic carbocycles. The Morgan fingerprint density at radius 3 is 2.87 bits per heavy atom.